The number of hydrogen-bond donors (Lipinski definition) is 2. The Morgan fingerprint density at radius 3 is 2.73 bits per heavy atom. The summed E-state index contributed by atoms with van der Waals surface area (Å²) in [5.41, 5.74) is 2.32. The number of thioether (sulfide) groups is 1. The van der Waals surface area contributed by atoms with Gasteiger partial charge in [0.2, 0.25) is 5.91 Å². The summed E-state index contributed by atoms with van der Waals surface area (Å²) in [6, 6.07) is 15.0. The molecule has 0 atom stereocenters. The average Bonchev–Trinajstić information content (AvgIpc) is 3.36. The van der Waals surface area contributed by atoms with Crippen molar-refractivity contribution in [3.63, 3.8) is 0 Å². The molecule has 0 bridgehead atoms. The number of nitrogens with one attached hydrogen (secondary N) is 1. The van der Waals surface area contributed by atoms with E-state index in [-0.39, 0.29) is 30.4 Å². The Kier molecular flexibility index (Phi) is 8.86. The number of halogens is 1. The number of esters is 1. The number of methoxy groups -OCH3 is 1. The van der Waals surface area contributed by atoms with Gasteiger partial charge in [-0.25, -0.2) is 9.79 Å². The molecule has 0 fully saturated rings. The fourth-order valence-electron chi connectivity index (χ4n) is 3.80. The van der Waals surface area contributed by atoms with E-state index >= 15 is 0 Å². The first kappa shape index (κ1) is 26.7. The van der Waals surface area contributed by atoms with E-state index in [1.54, 1.807) is 20.1 Å². The molecule has 37 heavy (non-hydrogen) atoms. The minimum atomic E-state index is -0.636. The Morgan fingerprint density at radius 1 is 1.22 bits per heavy atom. The van der Waals surface area contributed by atoms with Crippen molar-refractivity contribution in [3.05, 3.63) is 81.0 Å². The van der Waals surface area contributed by atoms with Crippen molar-refractivity contribution in [2.45, 2.75) is 13.5 Å². The molecule has 2 heterocycles. The molecule has 1 amide bonds. The van der Waals surface area contributed by atoms with E-state index in [1.807, 2.05) is 59.3 Å². The molecule has 2 N–H and O–H groups in total. The van der Waals surface area contributed by atoms with Gasteiger partial charge in [-0.05, 0) is 43.3 Å². The predicted octanol–water partition coefficient (Wildman–Crippen LogP) is 5.36. The van der Waals surface area contributed by atoms with E-state index in [2.05, 4.69) is 26.2 Å². The van der Waals surface area contributed by atoms with Crippen molar-refractivity contribution in [1.82, 2.24) is 9.88 Å². The number of benzene rings is 2. The fraction of sp³-hybridized carbons (Fsp3) is 0.222. The van der Waals surface area contributed by atoms with E-state index in [0.29, 0.717) is 28.8 Å². The summed E-state index contributed by atoms with van der Waals surface area (Å²) in [5.74, 6) is -0.967. The van der Waals surface area contributed by atoms with Gasteiger partial charge in [0.25, 0.3) is 0 Å². The first-order chi connectivity index (χ1) is 17.9. The Morgan fingerprint density at radius 2 is 2.00 bits per heavy atom. The minimum absolute atomic E-state index is 0.0318. The molecule has 1 aliphatic heterocycles. The third-order valence-corrected chi connectivity index (χ3v) is 6.97. The van der Waals surface area contributed by atoms with Crippen LogP contribution in [0.4, 0.5) is 5.69 Å². The van der Waals surface area contributed by atoms with Crippen LogP contribution >= 0.6 is 27.7 Å². The minimum Gasteiger partial charge on any atom is -0.506 e. The number of aliphatic imine (C=N–C) groups is 1. The van der Waals surface area contributed by atoms with Crippen LogP contribution in [0.15, 0.2) is 80.4 Å². The number of aliphatic hydroxyl groups is 1. The molecule has 0 aliphatic carbocycles. The highest BCUT2D eigenvalue weighted by molar-refractivity contribution is 9.10. The molecule has 1 aromatic heterocycles. The largest absolute Gasteiger partial charge is 0.506 e. The summed E-state index contributed by atoms with van der Waals surface area (Å²) in [5, 5.41) is 15.1. The van der Waals surface area contributed by atoms with Gasteiger partial charge in [0.1, 0.15) is 22.9 Å². The molecule has 2 aromatic carbocycles. The second-order valence-corrected chi connectivity index (χ2v) is 9.97. The van der Waals surface area contributed by atoms with Crippen molar-refractivity contribution < 1.29 is 24.2 Å². The molecule has 0 spiro atoms. The summed E-state index contributed by atoms with van der Waals surface area (Å²) in [7, 11) is 1.58. The van der Waals surface area contributed by atoms with Crippen LogP contribution in [0, 0.1) is 0 Å². The summed E-state index contributed by atoms with van der Waals surface area (Å²) < 4.78 is 12.9. The van der Waals surface area contributed by atoms with Gasteiger partial charge in [0, 0.05) is 40.8 Å². The van der Waals surface area contributed by atoms with Crippen LogP contribution in [0.1, 0.15) is 12.5 Å². The number of nitrogens with zero attached hydrogens (tertiary/aromatic N) is 2. The number of para-hydroxylation sites is 1. The van der Waals surface area contributed by atoms with Gasteiger partial charge in [-0.2, -0.15) is 0 Å². The number of amides is 1. The number of carbonyl (C=O) groups is 2. The standard InChI is InChI=1S/C27H26BrN3O5S/c1-3-36-27(34)24-25(33)22(37-26(24)30-19-7-5-4-6-8-19)13-17-15-31(16-23(32)29-11-12-35-2)21-10-9-18(28)14-20(17)21/h4-10,13-15,33H,3,11-12,16H2,1-2H3,(H,29,32)/b22-13-,30-26?. The van der Waals surface area contributed by atoms with Crippen molar-refractivity contribution in [1.29, 1.82) is 0 Å². The first-order valence-electron chi connectivity index (χ1n) is 11.6. The van der Waals surface area contributed by atoms with Crippen LogP contribution in [-0.4, -0.2) is 53.5 Å². The molecule has 0 radical (unpaired) electrons. The smallest absolute Gasteiger partial charge is 0.344 e. The van der Waals surface area contributed by atoms with Crippen molar-refractivity contribution in [2.75, 3.05) is 26.9 Å². The van der Waals surface area contributed by atoms with Gasteiger partial charge in [0.15, 0.2) is 0 Å². The zero-order valence-electron chi connectivity index (χ0n) is 20.4. The normalized spacial score (nSPS) is 15.6. The zero-order chi connectivity index (χ0) is 26.4. The number of ether oxygens (including phenoxy) is 2. The van der Waals surface area contributed by atoms with Crippen molar-refractivity contribution in [2.24, 2.45) is 4.99 Å². The van der Waals surface area contributed by atoms with Crippen LogP contribution < -0.4 is 5.32 Å². The molecule has 0 saturated heterocycles. The van der Waals surface area contributed by atoms with Gasteiger partial charge >= 0.3 is 5.97 Å². The molecule has 192 valence electrons. The third kappa shape index (κ3) is 6.33. The Labute approximate surface area is 227 Å². The summed E-state index contributed by atoms with van der Waals surface area (Å²) in [6.45, 7) is 2.86. The topological polar surface area (TPSA) is 102 Å². The van der Waals surface area contributed by atoms with Crippen LogP contribution in [0.2, 0.25) is 0 Å². The lowest BCUT2D eigenvalue weighted by Crippen LogP contribution is -2.30. The predicted molar refractivity (Wildman–Crippen MR) is 150 cm³/mol. The lowest BCUT2D eigenvalue weighted by Gasteiger charge is -2.07. The van der Waals surface area contributed by atoms with E-state index in [0.717, 1.165) is 20.9 Å². The molecule has 0 saturated carbocycles. The van der Waals surface area contributed by atoms with E-state index in [1.165, 1.54) is 11.8 Å². The highest BCUT2D eigenvalue weighted by atomic mass is 79.9. The quantitative estimate of drug-likeness (QED) is 0.260. The van der Waals surface area contributed by atoms with Crippen molar-refractivity contribution in [3.8, 4) is 0 Å². The lowest BCUT2D eigenvalue weighted by molar-refractivity contribution is -0.138. The maximum atomic E-state index is 12.7. The van der Waals surface area contributed by atoms with Gasteiger partial charge in [-0.1, -0.05) is 45.9 Å². The van der Waals surface area contributed by atoms with Gasteiger partial charge < -0.3 is 24.5 Å². The molecular formula is C27H26BrN3O5S. The molecule has 10 heteroatoms. The molecule has 0 unspecified atom stereocenters. The highest BCUT2D eigenvalue weighted by Gasteiger charge is 2.33. The molecular weight excluding hydrogens is 558 g/mol. The number of fused-ring (bicyclic) bond motifs is 1. The molecule has 1 aliphatic rings. The maximum absolute atomic E-state index is 12.7. The van der Waals surface area contributed by atoms with Gasteiger partial charge in [0.05, 0.1) is 23.8 Å². The average molecular weight is 584 g/mol. The Bertz CT molecular complexity index is 1410. The van der Waals surface area contributed by atoms with Crippen LogP contribution in [-0.2, 0) is 25.6 Å². The molecule has 8 nitrogen and oxygen atoms in total. The first-order valence-corrected chi connectivity index (χ1v) is 13.2. The van der Waals surface area contributed by atoms with Gasteiger partial charge in [-0.15, -0.1) is 0 Å². The number of aromatic nitrogens is 1. The number of rotatable bonds is 9. The fourth-order valence-corrected chi connectivity index (χ4v) is 5.19. The Balaban J connectivity index is 1.74. The summed E-state index contributed by atoms with van der Waals surface area (Å²) in [4.78, 5) is 30.2. The van der Waals surface area contributed by atoms with Crippen LogP contribution in [0.5, 0.6) is 0 Å². The number of hydrogen-bond acceptors (Lipinski definition) is 7. The van der Waals surface area contributed by atoms with Crippen LogP contribution in [0.25, 0.3) is 17.0 Å². The van der Waals surface area contributed by atoms with Crippen molar-refractivity contribution >= 4 is 67.3 Å². The monoisotopic (exact) mass is 583 g/mol. The number of carbonyl (C=O) groups excluding carboxylic acids is 2. The summed E-state index contributed by atoms with van der Waals surface area (Å²) >= 11 is 4.71. The third-order valence-electron chi connectivity index (χ3n) is 5.46. The van der Waals surface area contributed by atoms with E-state index < -0.39 is 5.97 Å². The van der Waals surface area contributed by atoms with E-state index in [4.69, 9.17) is 9.47 Å². The van der Waals surface area contributed by atoms with E-state index in [9.17, 15) is 14.7 Å². The zero-order valence-corrected chi connectivity index (χ0v) is 22.8. The maximum Gasteiger partial charge on any atom is 0.344 e. The van der Waals surface area contributed by atoms with Gasteiger partial charge in [-0.3, -0.25) is 4.79 Å². The molecule has 4 rings (SSSR count). The highest BCUT2D eigenvalue weighted by Crippen LogP contribution is 2.41. The SMILES string of the molecule is CCOC(=O)C1=C(O)/C(=C/c2cn(CC(=O)NCCOC)c3ccc(Br)cc23)SC1=Nc1ccccc1. The summed E-state index contributed by atoms with van der Waals surface area (Å²) in [6.07, 6.45) is 3.64. The van der Waals surface area contributed by atoms with Crippen LogP contribution in [0.3, 0.4) is 0 Å². The Hall–Kier alpha value is -3.34. The second-order valence-electron chi connectivity index (χ2n) is 8.02. The number of aliphatic hydroxyl groups excluding tert-OH is 1. The second kappa shape index (κ2) is 12.3. The molecule has 3 aromatic rings. The lowest BCUT2D eigenvalue weighted by atomic mass is 10.1.